The molecule has 0 aromatic carbocycles. The molecule has 94 valence electrons. The van der Waals surface area contributed by atoms with Crippen molar-refractivity contribution in [3.8, 4) is 0 Å². The van der Waals surface area contributed by atoms with E-state index in [4.69, 9.17) is 5.73 Å². The molecule has 0 spiro atoms. The first kappa shape index (κ1) is 13.5. The summed E-state index contributed by atoms with van der Waals surface area (Å²) >= 11 is 0. The van der Waals surface area contributed by atoms with Gasteiger partial charge in [-0.05, 0) is 39.7 Å². The lowest BCUT2D eigenvalue weighted by Gasteiger charge is -2.17. The smallest absolute Gasteiger partial charge is 0.221 e. The first-order valence-corrected chi connectivity index (χ1v) is 6.26. The number of carbonyl (C=O) groups is 1. The van der Waals surface area contributed by atoms with Gasteiger partial charge in [-0.2, -0.15) is 0 Å². The Balaban J connectivity index is 2.17. The van der Waals surface area contributed by atoms with E-state index in [1.807, 2.05) is 13.8 Å². The SMILES string of the molecule is CC(C)NC(=O)CCN1CCC(C(C)N)C1. The molecule has 0 bridgehead atoms. The minimum Gasteiger partial charge on any atom is -0.354 e. The minimum atomic E-state index is 0.152. The Labute approximate surface area is 98.6 Å². The van der Waals surface area contributed by atoms with Crippen LogP contribution in [0.5, 0.6) is 0 Å². The van der Waals surface area contributed by atoms with Crippen molar-refractivity contribution < 1.29 is 4.79 Å². The number of hydrogen-bond donors (Lipinski definition) is 2. The van der Waals surface area contributed by atoms with Crippen LogP contribution in [0.2, 0.25) is 0 Å². The largest absolute Gasteiger partial charge is 0.354 e. The van der Waals surface area contributed by atoms with Gasteiger partial charge < -0.3 is 16.0 Å². The summed E-state index contributed by atoms with van der Waals surface area (Å²) in [5, 5.41) is 2.91. The van der Waals surface area contributed by atoms with Gasteiger partial charge in [-0.3, -0.25) is 4.79 Å². The van der Waals surface area contributed by atoms with Crippen molar-refractivity contribution in [1.29, 1.82) is 0 Å². The Morgan fingerprint density at radius 3 is 2.69 bits per heavy atom. The maximum Gasteiger partial charge on any atom is 0.221 e. The highest BCUT2D eigenvalue weighted by Gasteiger charge is 2.25. The van der Waals surface area contributed by atoms with E-state index in [0.29, 0.717) is 12.3 Å². The second kappa shape index (κ2) is 6.21. The molecule has 0 saturated carbocycles. The van der Waals surface area contributed by atoms with Crippen LogP contribution in [0, 0.1) is 5.92 Å². The third kappa shape index (κ3) is 4.49. The number of nitrogens with zero attached hydrogens (tertiary/aromatic N) is 1. The summed E-state index contributed by atoms with van der Waals surface area (Å²) in [7, 11) is 0. The van der Waals surface area contributed by atoms with Crippen molar-refractivity contribution in [2.24, 2.45) is 11.7 Å². The van der Waals surface area contributed by atoms with E-state index < -0.39 is 0 Å². The maximum absolute atomic E-state index is 11.5. The summed E-state index contributed by atoms with van der Waals surface area (Å²) in [4.78, 5) is 13.8. The Kier molecular flexibility index (Phi) is 5.22. The molecule has 4 nitrogen and oxygen atoms in total. The van der Waals surface area contributed by atoms with Crippen molar-refractivity contribution in [2.75, 3.05) is 19.6 Å². The first-order valence-electron chi connectivity index (χ1n) is 6.26. The molecule has 2 unspecified atom stereocenters. The molecule has 1 saturated heterocycles. The summed E-state index contributed by atoms with van der Waals surface area (Å²) in [6.45, 7) is 9.04. The van der Waals surface area contributed by atoms with Gasteiger partial charge in [0, 0.05) is 31.6 Å². The van der Waals surface area contributed by atoms with Crippen LogP contribution in [0.3, 0.4) is 0 Å². The molecule has 0 aromatic rings. The van der Waals surface area contributed by atoms with E-state index in [-0.39, 0.29) is 18.0 Å². The fraction of sp³-hybridized carbons (Fsp3) is 0.917. The van der Waals surface area contributed by atoms with Gasteiger partial charge in [-0.15, -0.1) is 0 Å². The van der Waals surface area contributed by atoms with E-state index in [0.717, 1.165) is 19.6 Å². The van der Waals surface area contributed by atoms with Gasteiger partial charge in [-0.25, -0.2) is 0 Å². The average Bonchev–Trinajstić information content (AvgIpc) is 2.61. The minimum absolute atomic E-state index is 0.152. The summed E-state index contributed by atoms with van der Waals surface area (Å²) in [6, 6.07) is 0.511. The molecular weight excluding hydrogens is 202 g/mol. The van der Waals surface area contributed by atoms with Gasteiger partial charge in [0.05, 0.1) is 0 Å². The normalized spacial score (nSPS) is 23.7. The summed E-state index contributed by atoms with van der Waals surface area (Å²) in [5.41, 5.74) is 5.88. The number of rotatable bonds is 5. The van der Waals surface area contributed by atoms with Gasteiger partial charge in [0.2, 0.25) is 5.91 Å². The van der Waals surface area contributed by atoms with Crippen molar-refractivity contribution in [3.63, 3.8) is 0 Å². The predicted octanol–water partition coefficient (Wildman–Crippen LogP) is 0.570. The zero-order valence-corrected chi connectivity index (χ0v) is 10.7. The lowest BCUT2D eigenvalue weighted by atomic mass is 10.0. The second-order valence-electron chi connectivity index (χ2n) is 5.18. The monoisotopic (exact) mass is 227 g/mol. The molecule has 1 fully saturated rings. The number of carbonyl (C=O) groups excluding carboxylic acids is 1. The van der Waals surface area contributed by atoms with Crippen LogP contribution < -0.4 is 11.1 Å². The molecular formula is C12H25N3O. The molecule has 3 N–H and O–H groups in total. The molecule has 0 radical (unpaired) electrons. The third-order valence-corrected chi connectivity index (χ3v) is 3.16. The zero-order chi connectivity index (χ0) is 12.1. The highest BCUT2D eigenvalue weighted by Crippen LogP contribution is 2.18. The predicted molar refractivity (Wildman–Crippen MR) is 66.1 cm³/mol. The van der Waals surface area contributed by atoms with E-state index >= 15 is 0 Å². The van der Waals surface area contributed by atoms with Gasteiger partial charge in [0.15, 0.2) is 0 Å². The molecule has 1 aliphatic heterocycles. The Morgan fingerprint density at radius 1 is 1.50 bits per heavy atom. The fourth-order valence-electron chi connectivity index (χ4n) is 2.15. The molecule has 0 aliphatic carbocycles. The van der Waals surface area contributed by atoms with Crippen LogP contribution in [0.4, 0.5) is 0 Å². The van der Waals surface area contributed by atoms with Crippen molar-refractivity contribution >= 4 is 5.91 Å². The van der Waals surface area contributed by atoms with E-state index in [1.165, 1.54) is 6.42 Å². The van der Waals surface area contributed by atoms with Crippen LogP contribution in [-0.4, -0.2) is 42.5 Å². The van der Waals surface area contributed by atoms with Crippen molar-refractivity contribution in [1.82, 2.24) is 10.2 Å². The second-order valence-corrected chi connectivity index (χ2v) is 5.18. The lowest BCUT2D eigenvalue weighted by molar-refractivity contribution is -0.121. The highest BCUT2D eigenvalue weighted by molar-refractivity contribution is 5.76. The molecule has 0 aromatic heterocycles. The van der Waals surface area contributed by atoms with E-state index in [2.05, 4.69) is 17.1 Å². The maximum atomic E-state index is 11.5. The van der Waals surface area contributed by atoms with E-state index in [1.54, 1.807) is 0 Å². The molecule has 1 rings (SSSR count). The van der Waals surface area contributed by atoms with Crippen LogP contribution in [-0.2, 0) is 4.79 Å². The van der Waals surface area contributed by atoms with Crippen molar-refractivity contribution in [3.05, 3.63) is 0 Å². The summed E-state index contributed by atoms with van der Waals surface area (Å²) in [6.07, 6.45) is 1.77. The number of nitrogens with two attached hydrogens (primary N) is 1. The highest BCUT2D eigenvalue weighted by atomic mass is 16.1. The Morgan fingerprint density at radius 2 is 2.19 bits per heavy atom. The molecule has 1 amide bonds. The van der Waals surface area contributed by atoms with Crippen molar-refractivity contribution in [2.45, 2.75) is 45.7 Å². The quantitative estimate of drug-likeness (QED) is 0.722. The molecule has 1 aliphatic rings. The Hall–Kier alpha value is -0.610. The lowest BCUT2D eigenvalue weighted by Crippen LogP contribution is -2.34. The van der Waals surface area contributed by atoms with E-state index in [9.17, 15) is 4.79 Å². The van der Waals surface area contributed by atoms with Crippen LogP contribution in [0.1, 0.15) is 33.6 Å². The number of amides is 1. The standard InChI is InChI=1S/C12H25N3O/c1-9(2)14-12(16)5-7-15-6-4-11(8-15)10(3)13/h9-11H,4-8,13H2,1-3H3,(H,14,16). The topological polar surface area (TPSA) is 58.4 Å². The number of nitrogens with one attached hydrogen (secondary N) is 1. The molecule has 1 heterocycles. The summed E-state index contributed by atoms with van der Waals surface area (Å²) in [5.74, 6) is 0.757. The van der Waals surface area contributed by atoms with Gasteiger partial charge in [0.1, 0.15) is 0 Å². The molecule has 4 heteroatoms. The van der Waals surface area contributed by atoms with Gasteiger partial charge in [-0.1, -0.05) is 0 Å². The Bertz CT molecular complexity index is 228. The zero-order valence-electron chi connectivity index (χ0n) is 10.7. The fourth-order valence-corrected chi connectivity index (χ4v) is 2.15. The summed E-state index contributed by atoms with van der Waals surface area (Å²) < 4.78 is 0. The number of likely N-dealkylation sites (tertiary alicyclic amines) is 1. The van der Waals surface area contributed by atoms with Crippen LogP contribution in [0.25, 0.3) is 0 Å². The number of hydrogen-bond acceptors (Lipinski definition) is 3. The molecule has 2 atom stereocenters. The first-order chi connectivity index (χ1) is 7.49. The third-order valence-electron chi connectivity index (χ3n) is 3.16. The van der Waals surface area contributed by atoms with Gasteiger partial charge in [0.25, 0.3) is 0 Å². The average molecular weight is 227 g/mol. The van der Waals surface area contributed by atoms with Crippen LogP contribution >= 0.6 is 0 Å². The van der Waals surface area contributed by atoms with Crippen LogP contribution in [0.15, 0.2) is 0 Å². The van der Waals surface area contributed by atoms with Gasteiger partial charge >= 0.3 is 0 Å². The molecule has 16 heavy (non-hydrogen) atoms.